The number of aromatic nitrogens is 3. The molecule has 4 heteroatoms. The first-order valence-electron chi connectivity index (χ1n) is 5.95. The van der Waals surface area contributed by atoms with Crippen LogP contribution in [0.2, 0.25) is 0 Å². The van der Waals surface area contributed by atoms with Crippen molar-refractivity contribution in [1.82, 2.24) is 14.8 Å². The number of hydrogen-bond acceptors (Lipinski definition) is 3. The van der Waals surface area contributed by atoms with E-state index in [-0.39, 0.29) is 0 Å². The second-order valence-corrected chi connectivity index (χ2v) is 4.16. The van der Waals surface area contributed by atoms with Gasteiger partial charge in [-0.3, -0.25) is 0 Å². The van der Waals surface area contributed by atoms with E-state index in [0.717, 1.165) is 17.9 Å². The zero-order chi connectivity index (χ0) is 12.1. The number of rotatable bonds is 5. The summed E-state index contributed by atoms with van der Waals surface area (Å²) < 4.78 is 1.92. The normalized spacial score (nSPS) is 10.5. The van der Waals surface area contributed by atoms with Crippen LogP contribution < -0.4 is 5.32 Å². The Morgan fingerprint density at radius 2 is 2.00 bits per heavy atom. The molecule has 0 saturated heterocycles. The lowest BCUT2D eigenvalue weighted by Crippen LogP contribution is -2.05. The summed E-state index contributed by atoms with van der Waals surface area (Å²) in [5.41, 5.74) is 2.50. The van der Waals surface area contributed by atoms with Crippen LogP contribution in [0, 0.1) is 0 Å². The molecule has 4 nitrogen and oxygen atoms in total. The molecule has 0 amide bonds. The van der Waals surface area contributed by atoms with E-state index < -0.39 is 0 Å². The van der Waals surface area contributed by atoms with Gasteiger partial charge in [0, 0.05) is 12.7 Å². The average Bonchev–Trinajstić information content (AvgIpc) is 2.75. The lowest BCUT2D eigenvalue weighted by atomic mass is 10.1. The number of nitrogens with zero attached hydrogens (tertiary/aromatic N) is 3. The monoisotopic (exact) mass is 230 g/mol. The fraction of sp³-hybridized carbons (Fsp3) is 0.385. The molecule has 1 N–H and O–H groups in total. The molecule has 0 aliphatic carbocycles. The summed E-state index contributed by atoms with van der Waals surface area (Å²) in [6.45, 7) is 2.89. The van der Waals surface area contributed by atoms with Crippen molar-refractivity contribution >= 4 is 5.69 Å². The van der Waals surface area contributed by atoms with Crippen LogP contribution in [0.4, 0.5) is 5.69 Å². The Morgan fingerprint density at radius 3 is 2.59 bits per heavy atom. The highest BCUT2D eigenvalue weighted by molar-refractivity contribution is 5.44. The molecule has 1 aromatic heterocycles. The second kappa shape index (κ2) is 5.48. The van der Waals surface area contributed by atoms with Gasteiger partial charge in [-0.1, -0.05) is 25.5 Å². The maximum atomic E-state index is 4.03. The van der Waals surface area contributed by atoms with Crippen LogP contribution in [0.5, 0.6) is 0 Å². The van der Waals surface area contributed by atoms with Crippen LogP contribution in [0.25, 0.3) is 0 Å². The third-order valence-corrected chi connectivity index (χ3v) is 2.75. The quantitative estimate of drug-likeness (QED) is 0.857. The molecule has 0 aliphatic heterocycles. The molecule has 0 aliphatic rings. The SMILES string of the molecule is CCCc1ccc(NCc2nncn2C)cc1. The molecule has 0 unspecified atom stereocenters. The first-order chi connectivity index (χ1) is 8.29. The number of aryl methyl sites for hydroxylation is 2. The van der Waals surface area contributed by atoms with Crippen LogP contribution >= 0.6 is 0 Å². The first kappa shape index (κ1) is 11.6. The van der Waals surface area contributed by atoms with Crippen molar-refractivity contribution in [2.24, 2.45) is 7.05 Å². The van der Waals surface area contributed by atoms with Crippen molar-refractivity contribution in [1.29, 1.82) is 0 Å². The van der Waals surface area contributed by atoms with Crippen molar-refractivity contribution < 1.29 is 0 Å². The summed E-state index contributed by atoms with van der Waals surface area (Å²) in [6.07, 6.45) is 4.04. The minimum absolute atomic E-state index is 0.698. The molecule has 0 saturated carbocycles. The van der Waals surface area contributed by atoms with Crippen LogP contribution in [-0.2, 0) is 20.0 Å². The van der Waals surface area contributed by atoms with Crippen molar-refractivity contribution in [3.05, 3.63) is 42.0 Å². The Bertz CT molecular complexity index is 459. The number of benzene rings is 1. The highest BCUT2D eigenvalue weighted by Crippen LogP contribution is 2.11. The Balaban J connectivity index is 1.93. The highest BCUT2D eigenvalue weighted by atomic mass is 15.3. The lowest BCUT2D eigenvalue weighted by molar-refractivity contribution is 0.812. The van der Waals surface area contributed by atoms with Crippen molar-refractivity contribution in [2.45, 2.75) is 26.3 Å². The van der Waals surface area contributed by atoms with Gasteiger partial charge in [0.1, 0.15) is 6.33 Å². The molecule has 90 valence electrons. The predicted molar refractivity (Wildman–Crippen MR) is 68.8 cm³/mol. The molecule has 0 radical (unpaired) electrons. The van der Waals surface area contributed by atoms with Crippen LogP contribution in [-0.4, -0.2) is 14.8 Å². The zero-order valence-electron chi connectivity index (χ0n) is 10.3. The Kier molecular flexibility index (Phi) is 3.75. The van der Waals surface area contributed by atoms with E-state index >= 15 is 0 Å². The summed E-state index contributed by atoms with van der Waals surface area (Å²) in [7, 11) is 1.95. The Hall–Kier alpha value is -1.84. The maximum absolute atomic E-state index is 4.03. The molecule has 2 rings (SSSR count). The van der Waals surface area contributed by atoms with Gasteiger partial charge >= 0.3 is 0 Å². The van der Waals surface area contributed by atoms with E-state index in [9.17, 15) is 0 Å². The molecular weight excluding hydrogens is 212 g/mol. The summed E-state index contributed by atoms with van der Waals surface area (Å²) >= 11 is 0. The minimum atomic E-state index is 0.698. The van der Waals surface area contributed by atoms with Gasteiger partial charge < -0.3 is 9.88 Å². The number of nitrogens with one attached hydrogen (secondary N) is 1. The van der Waals surface area contributed by atoms with Gasteiger partial charge in [0.25, 0.3) is 0 Å². The average molecular weight is 230 g/mol. The summed E-state index contributed by atoms with van der Waals surface area (Å²) in [6, 6.07) is 8.56. The maximum Gasteiger partial charge on any atom is 0.151 e. The third-order valence-electron chi connectivity index (χ3n) is 2.75. The van der Waals surface area contributed by atoms with Gasteiger partial charge in [0.2, 0.25) is 0 Å². The van der Waals surface area contributed by atoms with Gasteiger partial charge in [0.05, 0.1) is 6.54 Å². The van der Waals surface area contributed by atoms with Gasteiger partial charge in [-0.2, -0.15) is 0 Å². The topological polar surface area (TPSA) is 42.7 Å². The van der Waals surface area contributed by atoms with E-state index in [0.29, 0.717) is 6.54 Å². The molecule has 0 fully saturated rings. The molecule has 17 heavy (non-hydrogen) atoms. The number of anilines is 1. The van der Waals surface area contributed by atoms with Gasteiger partial charge in [0.15, 0.2) is 5.82 Å². The van der Waals surface area contributed by atoms with E-state index in [4.69, 9.17) is 0 Å². The summed E-state index contributed by atoms with van der Waals surface area (Å²) in [4.78, 5) is 0. The standard InChI is InChI=1S/C13H18N4/c1-3-4-11-5-7-12(8-6-11)14-9-13-16-15-10-17(13)2/h5-8,10,14H,3-4,9H2,1-2H3. The van der Waals surface area contributed by atoms with E-state index in [1.807, 2.05) is 11.6 Å². The summed E-state index contributed by atoms with van der Waals surface area (Å²) in [5.74, 6) is 0.933. The molecule has 0 spiro atoms. The molecule has 0 bridgehead atoms. The highest BCUT2D eigenvalue weighted by Gasteiger charge is 2.00. The van der Waals surface area contributed by atoms with Crippen molar-refractivity contribution in [3.8, 4) is 0 Å². The van der Waals surface area contributed by atoms with Crippen LogP contribution in [0.3, 0.4) is 0 Å². The fourth-order valence-corrected chi connectivity index (χ4v) is 1.73. The Morgan fingerprint density at radius 1 is 1.24 bits per heavy atom. The largest absolute Gasteiger partial charge is 0.378 e. The molecular formula is C13H18N4. The van der Waals surface area contributed by atoms with Gasteiger partial charge in [-0.25, -0.2) is 0 Å². The molecule has 1 heterocycles. The van der Waals surface area contributed by atoms with E-state index in [1.54, 1.807) is 6.33 Å². The zero-order valence-corrected chi connectivity index (χ0v) is 10.3. The minimum Gasteiger partial charge on any atom is -0.378 e. The Labute approximate surface area is 102 Å². The lowest BCUT2D eigenvalue weighted by Gasteiger charge is -2.06. The fourth-order valence-electron chi connectivity index (χ4n) is 1.73. The van der Waals surface area contributed by atoms with Crippen molar-refractivity contribution in [2.75, 3.05) is 5.32 Å². The second-order valence-electron chi connectivity index (χ2n) is 4.16. The van der Waals surface area contributed by atoms with Crippen LogP contribution in [0.15, 0.2) is 30.6 Å². The van der Waals surface area contributed by atoms with Crippen LogP contribution in [0.1, 0.15) is 24.7 Å². The number of hydrogen-bond donors (Lipinski definition) is 1. The smallest absolute Gasteiger partial charge is 0.151 e. The van der Waals surface area contributed by atoms with Gasteiger partial charge in [-0.05, 0) is 24.1 Å². The van der Waals surface area contributed by atoms with Gasteiger partial charge in [-0.15, -0.1) is 10.2 Å². The molecule has 0 atom stereocenters. The summed E-state index contributed by atoms with van der Waals surface area (Å²) in [5, 5.41) is 11.2. The molecule has 1 aromatic carbocycles. The predicted octanol–water partition coefficient (Wildman–Crippen LogP) is 2.38. The third kappa shape index (κ3) is 3.06. The molecule has 2 aromatic rings. The van der Waals surface area contributed by atoms with E-state index in [2.05, 4.69) is 46.7 Å². The first-order valence-corrected chi connectivity index (χ1v) is 5.95. The van der Waals surface area contributed by atoms with Crippen molar-refractivity contribution in [3.63, 3.8) is 0 Å². The van der Waals surface area contributed by atoms with E-state index in [1.165, 1.54) is 12.0 Å².